The summed E-state index contributed by atoms with van der Waals surface area (Å²) in [5, 5.41) is 6.23. The molecular formula is C63H45N5. The molecule has 13 rings (SSSR count). The van der Waals surface area contributed by atoms with E-state index in [-0.39, 0.29) is 12.2 Å². The molecule has 1 N–H and O–H groups in total. The summed E-state index contributed by atoms with van der Waals surface area (Å²) in [6.07, 6.45) is 7.38. The Morgan fingerprint density at radius 1 is 0.485 bits per heavy atom. The van der Waals surface area contributed by atoms with Gasteiger partial charge in [0.2, 0.25) is 0 Å². The predicted molar refractivity (Wildman–Crippen MR) is 283 cm³/mol. The predicted octanol–water partition coefficient (Wildman–Crippen LogP) is 15.1. The summed E-state index contributed by atoms with van der Waals surface area (Å²) in [7, 11) is 0. The number of para-hydroxylation sites is 2. The topological polar surface area (TPSA) is 44.9 Å². The van der Waals surface area contributed by atoms with Crippen molar-refractivity contribution in [2.45, 2.75) is 18.6 Å². The number of hydrogen-bond acceptors (Lipinski definition) is 4. The fraction of sp³-hybridized carbons (Fsp3) is 0.0476. The summed E-state index contributed by atoms with van der Waals surface area (Å²) < 4.78 is 2.47. The monoisotopic (exact) mass is 871 g/mol. The quantitative estimate of drug-likeness (QED) is 0.165. The number of nitrogens with one attached hydrogen (secondary N) is 1. The lowest BCUT2D eigenvalue weighted by Gasteiger charge is -2.33. The molecule has 3 heterocycles. The Labute approximate surface area is 396 Å². The standard InChI is InChI=1S/C63H45N5/c1-6-21-42(22-7-1)46-37-38-51-57(40-46)67(48-29-14-5-15-30-48)58-41-47(43-23-8-2-9-24-43)39-53(60(51)58)49-33-20-36-56-59(49)50-31-16-18-34-54(50)68(56)55-35-19-17-32-52(55)63-65-61(44-25-10-3-11-26-44)64-62(66-63)45-27-12-4-13-28-45/h1-33,35-41,54,63H,34H2,(H,64,65,66). The number of amidine groups is 2. The minimum atomic E-state index is -0.389. The first-order chi connectivity index (χ1) is 33.7. The Bertz CT molecular complexity index is 3660. The van der Waals surface area contributed by atoms with Gasteiger partial charge in [0.05, 0.1) is 17.1 Å². The Hall–Kier alpha value is -8.80. The van der Waals surface area contributed by atoms with Gasteiger partial charge in [-0.25, -0.2) is 9.98 Å². The Morgan fingerprint density at radius 3 is 1.84 bits per heavy atom. The maximum Gasteiger partial charge on any atom is 0.159 e. The summed E-state index contributed by atoms with van der Waals surface area (Å²) in [6, 6.07) is 80.7. The van der Waals surface area contributed by atoms with Gasteiger partial charge in [0.25, 0.3) is 0 Å². The highest BCUT2D eigenvalue weighted by Gasteiger charge is 2.39. The fourth-order valence-corrected chi connectivity index (χ4v) is 10.7. The molecule has 0 bridgehead atoms. The first-order valence-electron chi connectivity index (χ1n) is 23.5. The molecule has 0 saturated heterocycles. The summed E-state index contributed by atoms with van der Waals surface area (Å²) in [4.78, 5) is 13.1. The normalized spacial score (nSPS) is 16.2. The van der Waals surface area contributed by atoms with Crippen LogP contribution in [0.15, 0.2) is 253 Å². The summed E-state index contributed by atoms with van der Waals surface area (Å²) >= 11 is 0. The van der Waals surface area contributed by atoms with Crippen molar-refractivity contribution < 1.29 is 0 Å². The highest BCUT2D eigenvalue weighted by molar-refractivity contribution is 6.19. The molecule has 0 amide bonds. The molecule has 1 aliphatic carbocycles. The number of allylic oxidation sites excluding steroid dienone is 2. The zero-order chi connectivity index (χ0) is 45.0. The van der Waals surface area contributed by atoms with Gasteiger partial charge < -0.3 is 14.8 Å². The maximum atomic E-state index is 5.37. The SMILES string of the molecule is C1=CCC2C(=C1)c1c(-c3cc(-c4ccccc4)cc4c3c3ccc(-c5ccccc5)cc3n4-c3ccccc3)cccc1N2c1ccccc1C1N=C(c2ccccc2)N=C(c2ccccc2)N1. The first-order valence-corrected chi connectivity index (χ1v) is 23.5. The number of hydrogen-bond donors (Lipinski definition) is 1. The van der Waals surface area contributed by atoms with Crippen LogP contribution in [0.3, 0.4) is 0 Å². The van der Waals surface area contributed by atoms with E-state index in [2.05, 4.69) is 245 Å². The molecule has 68 heavy (non-hydrogen) atoms. The second-order valence-corrected chi connectivity index (χ2v) is 17.7. The van der Waals surface area contributed by atoms with Gasteiger partial charge in [-0.3, -0.25) is 0 Å². The summed E-state index contributed by atoms with van der Waals surface area (Å²) in [6.45, 7) is 0. The summed E-state index contributed by atoms with van der Waals surface area (Å²) in [5.41, 5.74) is 18.6. The number of aromatic nitrogens is 1. The van der Waals surface area contributed by atoms with E-state index in [1.807, 2.05) is 12.1 Å². The van der Waals surface area contributed by atoms with Crippen LogP contribution in [0.5, 0.6) is 0 Å². The van der Waals surface area contributed by atoms with Crippen LogP contribution in [0.1, 0.15) is 34.8 Å². The fourth-order valence-electron chi connectivity index (χ4n) is 10.7. The van der Waals surface area contributed by atoms with Gasteiger partial charge in [-0.05, 0) is 87.8 Å². The maximum absolute atomic E-state index is 5.37. The van der Waals surface area contributed by atoms with Gasteiger partial charge in [-0.15, -0.1) is 0 Å². The van der Waals surface area contributed by atoms with E-state index in [0.717, 1.165) is 40.3 Å². The van der Waals surface area contributed by atoms with Crippen molar-refractivity contribution in [3.05, 3.63) is 265 Å². The number of nitrogens with zero attached hydrogens (tertiary/aromatic N) is 4. The molecule has 2 atom stereocenters. The third-order valence-electron chi connectivity index (χ3n) is 13.7. The average Bonchev–Trinajstić information content (AvgIpc) is 3.94. The number of anilines is 2. The van der Waals surface area contributed by atoms with Crippen LogP contribution in [0.25, 0.3) is 66.4 Å². The van der Waals surface area contributed by atoms with Crippen LogP contribution in [0.4, 0.5) is 11.4 Å². The molecule has 0 fully saturated rings. The Balaban J connectivity index is 1.04. The van der Waals surface area contributed by atoms with E-state index in [4.69, 9.17) is 9.98 Å². The van der Waals surface area contributed by atoms with Crippen LogP contribution in [0, 0.1) is 0 Å². The van der Waals surface area contributed by atoms with Crippen molar-refractivity contribution in [2.75, 3.05) is 4.90 Å². The second kappa shape index (κ2) is 16.6. The van der Waals surface area contributed by atoms with E-state index >= 15 is 0 Å². The van der Waals surface area contributed by atoms with Gasteiger partial charge >= 0.3 is 0 Å². The van der Waals surface area contributed by atoms with E-state index in [1.54, 1.807) is 0 Å². The molecule has 322 valence electrons. The molecule has 3 aliphatic rings. The summed E-state index contributed by atoms with van der Waals surface area (Å²) in [5.74, 6) is 1.51. The lowest BCUT2D eigenvalue weighted by Crippen LogP contribution is -2.35. The van der Waals surface area contributed by atoms with Crippen LogP contribution in [0.2, 0.25) is 0 Å². The number of benzene rings is 9. The smallest absolute Gasteiger partial charge is 0.159 e. The van der Waals surface area contributed by atoms with Crippen molar-refractivity contribution >= 4 is 50.4 Å². The van der Waals surface area contributed by atoms with Crippen molar-refractivity contribution in [3.63, 3.8) is 0 Å². The lowest BCUT2D eigenvalue weighted by atomic mass is 9.87. The van der Waals surface area contributed by atoms with E-state index < -0.39 is 0 Å². The Morgan fingerprint density at radius 2 is 1.10 bits per heavy atom. The van der Waals surface area contributed by atoms with E-state index in [1.165, 1.54) is 72.0 Å². The molecule has 2 aliphatic heterocycles. The van der Waals surface area contributed by atoms with Gasteiger partial charge in [0.1, 0.15) is 12.0 Å². The highest BCUT2D eigenvalue weighted by atomic mass is 15.2. The van der Waals surface area contributed by atoms with Crippen LogP contribution >= 0.6 is 0 Å². The molecule has 0 radical (unpaired) electrons. The molecule has 2 unspecified atom stereocenters. The van der Waals surface area contributed by atoms with Crippen molar-refractivity contribution in [1.82, 2.24) is 9.88 Å². The van der Waals surface area contributed by atoms with Gasteiger partial charge in [-0.2, -0.15) is 0 Å². The van der Waals surface area contributed by atoms with Crippen LogP contribution in [-0.4, -0.2) is 22.3 Å². The molecule has 10 aromatic rings. The van der Waals surface area contributed by atoms with Crippen LogP contribution in [-0.2, 0) is 0 Å². The minimum absolute atomic E-state index is 0.0765. The number of aliphatic imine (C=N–C) groups is 2. The zero-order valence-corrected chi connectivity index (χ0v) is 37.2. The molecule has 0 saturated carbocycles. The largest absolute Gasteiger partial charge is 0.344 e. The molecule has 5 heteroatoms. The van der Waals surface area contributed by atoms with Crippen molar-refractivity contribution in [2.24, 2.45) is 9.98 Å². The highest BCUT2D eigenvalue weighted by Crippen LogP contribution is 2.54. The van der Waals surface area contributed by atoms with Crippen molar-refractivity contribution in [3.8, 4) is 39.1 Å². The average molecular weight is 872 g/mol. The third-order valence-corrected chi connectivity index (χ3v) is 13.7. The second-order valence-electron chi connectivity index (χ2n) is 17.7. The van der Waals surface area contributed by atoms with Crippen LogP contribution < -0.4 is 10.2 Å². The van der Waals surface area contributed by atoms with Gasteiger partial charge in [-0.1, -0.05) is 200 Å². The molecule has 1 aromatic heterocycles. The van der Waals surface area contributed by atoms with Crippen molar-refractivity contribution in [1.29, 1.82) is 0 Å². The lowest BCUT2D eigenvalue weighted by molar-refractivity contribution is 0.670. The minimum Gasteiger partial charge on any atom is -0.344 e. The first kappa shape index (κ1) is 39.6. The molecule has 5 nitrogen and oxygen atoms in total. The van der Waals surface area contributed by atoms with E-state index in [9.17, 15) is 0 Å². The molecular weight excluding hydrogens is 827 g/mol. The van der Waals surface area contributed by atoms with Gasteiger partial charge in [0.15, 0.2) is 5.84 Å². The Kier molecular flexibility index (Phi) is 9.64. The molecule has 0 spiro atoms. The number of rotatable bonds is 8. The zero-order valence-electron chi connectivity index (χ0n) is 37.2. The van der Waals surface area contributed by atoms with Gasteiger partial charge in [0, 0.05) is 50.1 Å². The third kappa shape index (κ3) is 6.70. The number of fused-ring (bicyclic) bond motifs is 6. The van der Waals surface area contributed by atoms with E-state index in [0.29, 0.717) is 5.84 Å². The molecule has 9 aromatic carbocycles.